The fourth-order valence-electron chi connectivity index (χ4n) is 2.85. The summed E-state index contributed by atoms with van der Waals surface area (Å²) in [6, 6.07) is 8.61. The van der Waals surface area contributed by atoms with Crippen LogP contribution < -0.4 is 10.6 Å². The molecule has 0 aliphatic carbocycles. The molecule has 0 atom stereocenters. The Balaban J connectivity index is 1.91. The van der Waals surface area contributed by atoms with Gasteiger partial charge in [0.25, 0.3) is 0 Å². The van der Waals surface area contributed by atoms with Crippen LogP contribution in [0.3, 0.4) is 0 Å². The van der Waals surface area contributed by atoms with E-state index in [0.717, 1.165) is 58.0 Å². The molecule has 4 heteroatoms. The van der Waals surface area contributed by atoms with Crippen molar-refractivity contribution >= 4 is 11.8 Å². The highest BCUT2D eigenvalue weighted by molar-refractivity contribution is 5.76. The first-order chi connectivity index (χ1) is 13.0. The van der Waals surface area contributed by atoms with Gasteiger partial charge in [-0.05, 0) is 63.4 Å². The van der Waals surface area contributed by atoms with E-state index in [1.54, 1.807) is 0 Å². The van der Waals surface area contributed by atoms with Crippen molar-refractivity contribution in [2.24, 2.45) is 5.92 Å². The lowest BCUT2D eigenvalue weighted by atomic mass is 10.1. The summed E-state index contributed by atoms with van der Waals surface area (Å²) < 4.78 is 0. The highest BCUT2D eigenvalue weighted by Crippen LogP contribution is 2.08. The number of hydrogen-bond acceptors (Lipinski definition) is 2. The molecule has 4 nitrogen and oxygen atoms in total. The minimum absolute atomic E-state index is 0.154. The zero-order valence-electron chi connectivity index (χ0n) is 17.5. The Morgan fingerprint density at radius 3 is 2.00 bits per heavy atom. The van der Waals surface area contributed by atoms with Crippen LogP contribution in [0, 0.1) is 12.8 Å². The van der Waals surface area contributed by atoms with Crippen LogP contribution >= 0.6 is 0 Å². The van der Waals surface area contributed by atoms with Crippen LogP contribution in [-0.2, 0) is 16.0 Å². The third kappa shape index (κ3) is 13.0. The number of aryl methyl sites for hydroxylation is 2. The van der Waals surface area contributed by atoms with Crippen molar-refractivity contribution in [2.75, 3.05) is 13.1 Å². The van der Waals surface area contributed by atoms with Crippen LogP contribution in [0.2, 0.25) is 0 Å². The molecule has 0 aliphatic heterocycles. The lowest BCUT2D eigenvalue weighted by molar-refractivity contribution is -0.122. The third-order valence-electron chi connectivity index (χ3n) is 4.69. The Morgan fingerprint density at radius 1 is 0.815 bits per heavy atom. The average molecular weight is 375 g/mol. The van der Waals surface area contributed by atoms with Gasteiger partial charge in [-0.2, -0.15) is 0 Å². The van der Waals surface area contributed by atoms with Gasteiger partial charge < -0.3 is 10.6 Å². The molecule has 0 spiro atoms. The predicted molar refractivity (Wildman–Crippen MR) is 113 cm³/mol. The van der Waals surface area contributed by atoms with E-state index in [-0.39, 0.29) is 11.8 Å². The van der Waals surface area contributed by atoms with E-state index >= 15 is 0 Å². The van der Waals surface area contributed by atoms with Crippen molar-refractivity contribution in [2.45, 2.75) is 78.6 Å². The number of carbonyl (C=O) groups is 2. The maximum Gasteiger partial charge on any atom is 0.220 e. The Kier molecular flexibility index (Phi) is 12.2. The normalized spacial score (nSPS) is 10.8. The monoisotopic (exact) mass is 374 g/mol. The fourth-order valence-corrected chi connectivity index (χ4v) is 2.85. The van der Waals surface area contributed by atoms with Gasteiger partial charge in [-0.3, -0.25) is 9.59 Å². The van der Waals surface area contributed by atoms with Gasteiger partial charge in [0.1, 0.15) is 0 Å². The third-order valence-corrected chi connectivity index (χ3v) is 4.69. The molecule has 1 aromatic carbocycles. The van der Waals surface area contributed by atoms with Gasteiger partial charge in [0, 0.05) is 25.9 Å². The molecule has 0 saturated carbocycles. The summed E-state index contributed by atoms with van der Waals surface area (Å²) >= 11 is 0. The lowest BCUT2D eigenvalue weighted by Crippen LogP contribution is -2.25. The second-order valence-corrected chi connectivity index (χ2v) is 7.89. The van der Waals surface area contributed by atoms with Crippen LogP contribution in [0.25, 0.3) is 0 Å². The minimum Gasteiger partial charge on any atom is -0.356 e. The lowest BCUT2D eigenvalue weighted by Gasteiger charge is -2.07. The van der Waals surface area contributed by atoms with Crippen molar-refractivity contribution < 1.29 is 9.59 Å². The van der Waals surface area contributed by atoms with E-state index < -0.39 is 0 Å². The summed E-state index contributed by atoms with van der Waals surface area (Å²) in [6.07, 6.45) is 8.17. The molecule has 2 amide bonds. The first kappa shape index (κ1) is 23.2. The quantitative estimate of drug-likeness (QED) is 0.470. The van der Waals surface area contributed by atoms with Crippen molar-refractivity contribution in [3.05, 3.63) is 35.4 Å². The Morgan fingerprint density at radius 2 is 1.41 bits per heavy atom. The van der Waals surface area contributed by atoms with E-state index in [4.69, 9.17) is 0 Å². The summed E-state index contributed by atoms with van der Waals surface area (Å²) in [4.78, 5) is 23.4. The molecular formula is C23H38N2O2. The number of unbranched alkanes of at least 4 members (excludes halogenated alkanes) is 3. The molecule has 0 radical (unpaired) electrons. The zero-order valence-corrected chi connectivity index (χ0v) is 17.5. The van der Waals surface area contributed by atoms with Gasteiger partial charge in [-0.1, -0.05) is 43.7 Å². The summed E-state index contributed by atoms with van der Waals surface area (Å²) in [5.74, 6) is 0.880. The van der Waals surface area contributed by atoms with E-state index in [9.17, 15) is 9.59 Å². The molecule has 0 bridgehead atoms. The second-order valence-electron chi connectivity index (χ2n) is 7.89. The van der Waals surface area contributed by atoms with Crippen LogP contribution in [0.4, 0.5) is 0 Å². The number of nitrogens with one attached hydrogen (secondary N) is 2. The summed E-state index contributed by atoms with van der Waals surface area (Å²) in [5, 5.41) is 5.96. The second kappa shape index (κ2) is 14.2. The molecule has 0 heterocycles. The van der Waals surface area contributed by atoms with Crippen LogP contribution in [0.1, 0.15) is 76.3 Å². The van der Waals surface area contributed by atoms with Gasteiger partial charge >= 0.3 is 0 Å². The SMILES string of the molecule is Cc1ccc(CCCCC(=O)NCCCCCNC(=O)CCC(C)C)cc1. The van der Waals surface area contributed by atoms with Crippen LogP contribution in [-0.4, -0.2) is 24.9 Å². The number of rotatable bonds is 14. The molecule has 0 aromatic heterocycles. The topological polar surface area (TPSA) is 58.2 Å². The Hall–Kier alpha value is -1.84. The van der Waals surface area contributed by atoms with Crippen LogP contribution in [0.5, 0.6) is 0 Å². The fraction of sp³-hybridized carbons (Fsp3) is 0.652. The molecule has 0 aliphatic rings. The smallest absolute Gasteiger partial charge is 0.220 e. The molecular weight excluding hydrogens is 336 g/mol. The average Bonchev–Trinajstić information content (AvgIpc) is 2.64. The molecule has 1 rings (SSSR count). The van der Waals surface area contributed by atoms with Gasteiger partial charge in [0.15, 0.2) is 0 Å². The van der Waals surface area contributed by atoms with E-state index in [0.29, 0.717) is 18.8 Å². The minimum atomic E-state index is 0.154. The van der Waals surface area contributed by atoms with E-state index in [2.05, 4.69) is 55.7 Å². The number of benzene rings is 1. The molecule has 27 heavy (non-hydrogen) atoms. The maximum atomic E-state index is 11.8. The summed E-state index contributed by atoms with van der Waals surface area (Å²) in [7, 11) is 0. The first-order valence-corrected chi connectivity index (χ1v) is 10.6. The van der Waals surface area contributed by atoms with Crippen molar-refractivity contribution in [3.8, 4) is 0 Å². The predicted octanol–water partition coefficient (Wildman–Crippen LogP) is 4.55. The number of hydrogen-bond donors (Lipinski definition) is 2. The Bertz CT molecular complexity index is 538. The Labute approximate surface area is 165 Å². The van der Waals surface area contributed by atoms with Gasteiger partial charge in [0.2, 0.25) is 11.8 Å². The highest BCUT2D eigenvalue weighted by Gasteiger charge is 2.03. The van der Waals surface area contributed by atoms with Crippen molar-refractivity contribution in [3.63, 3.8) is 0 Å². The molecule has 2 N–H and O–H groups in total. The molecule has 152 valence electrons. The first-order valence-electron chi connectivity index (χ1n) is 10.6. The van der Waals surface area contributed by atoms with E-state index in [1.165, 1.54) is 11.1 Å². The number of carbonyl (C=O) groups excluding carboxylic acids is 2. The maximum absolute atomic E-state index is 11.8. The van der Waals surface area contributed by atoms with Gasteiger partial charge in [0.05, 0.1) is 0 Å². The summed E-state index contributed by atoms with van der Waals surface area (Å²) in [5.41, 5.74) is 2.63. The zero-order chi connectivity index (χ0) is 19.9. The van der Waals surface area contributed by atoms with Gasteiger partial charge in [-0.25, -0.2) is 0 Å². The van der Waals surface area contributed by atoms with Gasteiger partial charge in [-0.15, -0.1) is 0 Å². The summed E-state index contributed by atoms with van der Waals surface area (Å²) in [6.45, 7) is 7.83. The largest absolute Gasteiger partial charge is 0.356 e. The molecule has 0 fully saturated rings. The molecule has 1 aromatic rings. The molecule has 0 saturated heterocycles. The standard InChI is InChI=1S/C23H38N2O2/c1-19(2)11-16-23(27)25-18-8-4-7-17-24-22(26)10-6-5-9-21-14-12-20(3)13-15-21/h12-15,19H,4-11,16-18H2,1-3H3,(H,24,26)(H,25,27). The van der Waals surface area contributed by atoms with E-state index in [1.807, 2.05) is 0 Å². The van der Waals surface area contributed by atoms with Crippen molar-refractivity contribution in [1.29, 1.82) is 0 Å². The molecule has 0 unspecified atom stereocenters. The highest BCUT2D eigenvalue weighted by atomic mass is 16.2. The number of amides is 2. The van der Waals surface area contributed by atoms with Crippen LogP contribution in [0.15, 0.2) is 24.3 Å². The van der Waals surface area contributed by atoms with Crippen molar-refractivity contribution in [1.82, 2.24) is 10.6 Å².